The van der Waals surface area contributed by atoms with E-state index >= 15 is 0 Å². The Morgan fingerprint density at radius 3 is 2.55 bits per heavy atom. The van der Waals surface area contributed by atoms with Gasteiger partial charge in [0.1, 0.15) is 17.6 Å². The van der Waals surface area contributed by atoms with Gasteiger partial charge in [0.2, 0.25) is 0 Å². The number of carbonyl (C=O) groups excluding carboxylic acids is 1. The number of hydrogen-bond acceptors (Lipinski definition) is 4. The first-order valence-corrected chi connectivity index (χ1v) is 8.71. The molecule has 0 saturated carbocycles. The predicted molar refractivity (Wildman–Crippen MR) is 83.6 cm³/mol. The predicted octanol–water partition coefficient (Wildman–Crippen LogP) is 3.74. The van der Waals surface area contributed by atoms with Gasteiger partial charge in [0.15, 0.2) is 0 Å². The number of ether oxygens (including phenoxy) is 1. The lowest BCUT2D eigenvalue weighted by molar-refractivity contribution is -0.144. The first kappa shape index (κ1) is 18.7. The van der Waals surface area contributed by atoms with Crippen LogP contribution in [-0.2, 0) is 14.1 Å². The van der Waals surface area contributed by atoms with E-state index < -0.39 is 30.5 Å². The van der Waals surface area contributed by atoms with E-state index in [-0.39, 0.29) is 12.4 Å². The maximum atomic E-state index is 13.3. The summed E-state index contributed by atoms with van der Waals surface area (Å²) in [7, 11) is -3.50. The van der Waals surface area contributed by atoms with Gasteiger partial charge in [-0.15, -0.1) is 0 Å². The van der Waals surface area contributed by atoms with Crippen molar-refractivity contribution < 1.29 is 23.0 Å². The minimum absolute atomic E-state index is 0.141. The number of hydrogen-bond donors (Lipinski definition) is 1. The van der Waals surface area contributed by atoms with Crippen LogP contribution in [0, 0.1) is 5.82 Å². The molecule has 0 saturated heterocycles. The fourth-order valence-electron chi connectivity index (χ4n) is 1.60. The molecule has 0 aliphatic heterocycles. The molecule has 0 radical (unpaired) electrons. The number of nitrogens with one attached hydrogen (secondary N) is 1. The lowest BCUT2D eigenvalue weighted by Gasteiger charge is -2.32. The first-order valence-electron chi connectivity index (χ1n) is 7.09. The molecule has 0 amide bonds. The quantitative estimate of drug-likeness (QED) is 0.635. The number of benzene rings is 1. The number of halogens is 1. The second-order valence-corrected chi connectivity index (χ2v) is 8.76. The molecule has 1 rings (SSSR count). The average molecular weight is 331 g/mol. The molecular weight excluding hydrogens is 308 g/mol. The van der Waals surface area contributed by atoms with Gasteiger partial charge < -0.3 is 9.26 Å². The van der Waals surface area contributed by atoms with Gasteiger partial charge in [-0.3, -0.25) is 9.36 Å². The maximum absolute atomic E-state index is 13.3. The molecular formula is C15H23FNO4P. The Labute approximate surface area is 130 Å². The summed E-state index contributed by atoms with van der Waals surface area (Å²) in [6.07, 6.45) is 0. The normalized spacial score (nSPS) is 15.7. The van der Waals surface area contributed by atoms with Gasteiger partial charge in [0, 0.05) is 6.07 Å². The fraction of sp³-hybridized carbons (Fsp3) is 0.533. The molecule has 5 nitrogen and oxygen atoms in total. The fourth-order valence-corrected chi connectivity index (χ4v) is 3.34. The van der Waals surface area contributed by atoms with Gasteiger partial charge in [-0.1, -0.05) is 6.07 Å². The molecule has 1 aromatic rings. The van der Waals surface area contributed by atoms with E-state index in [2.05, 4.69) is 5.09 Å². The van der Waals surface area contributed by atoms with E-state index in [0.29, 0.717) is 0 Å². The Kier molecular flexibility index (Phi) is 6.15. The Balaban J connectivity index is 3.01. The highest BCUT2D eigenvalue weighted by Gasteiger charge is 2.42. The third-order valence-corrected chi connectivity index (χ3v) is 5.88. The van der Waals surface area contributed by atoms with Crippen molar-refractivity contribution >= 4 is 13.5 Å². The minimum atomic E-state index is -3.50. The molecule has 7 heteroatoms. The smallest absolute Gasteiger partial charge is 0.323 e. The SMILES string of the molecule is CCOC(=O)[C@H](C)N[P@@](=O)(Oc1cccc(F)c1)C(C)(C)C. The van der Waals surface area contributed by atoms with Crippen LogP contribution in [0.25, 0.3) is 0 Å². The third kappa shape index (κ3) is 4.82. The van der Waals surface area contributed by atoms with Crippen LogP contribution >= 0.6 is 7.52 Å². The van der Waals surface area contributed by atoms with Crippen LogP contribution in [0.2, 0.25) is 0 Å². The minimum Gasteiger partial charge on any atom is -0.465 e. The van der Waals surface area contributed by atoms with Crippen molar-refractivity contribution in [2.24, 2.45) is 0 Å². The largest absolute Gasteiger partial charge is 0.465 e. The number of rotatable bonds is 6. The summed E-state index contributed by atoms with van der Waals surface area (Å²) in [6, 6.07) is 4.59. The van der Waals surface area contributed by atoms with Crippen LogP contribution < -0.4 is 9.61 Å². The van der Waals surface area contributed by atoms with Gasteiger partial charge in [0.25, 0.3) is 0 Å². The molecule has 1 aromatic carbocycles. The van der Waals surface area contributed by atoms with E-state index in [1.54, 1.807) is 34.6 Å². The van der Waals surface area contributed by atoms with Crippen LogP contribution in [0.5, 0.6) is 5.75 Å². The molecule has 2 atom stereocenters. The summed E-state index contributed by atoms with van der Waals surface area (Å²) in [6.45, 7) is 8.63. The summed E-state index contributed by atoms with van der Waals surface area (Å²) in [5, 5.41) is 1.93. The summed E-state index contributed by atoms with van der Waals surface area (Å²) >= 11 is 0. The zero-order valence-corrected chi connectivity index (χ0v) is 14.4. The molecule has 0 unspecified atom stereocenters. The topological polar surface area (TPSA) is 64.6 Å². The van der Waals surface area contributed by atoms with Crippen LogP contribution in [0.1, 0.15) is 34.6 Å². The second kappa shape index (κ2) is 7.25. The molecule has 0 aliphatic rings. The first-order chi connectivity index (χ1) is 10.1. The molecule has 0 bridgehead atoms. The van der Waals surface area contributed by atoms with Gasteiger partial charge in [-0.2, -0.15) is 0 Å². The molecule has 22 heavy (non-hydrogen) atoms. The van der Waals surface area contributed by atoms with Crippen LogP contribution in [0.15, 0.2) is 24.3 Å². The lowest BCUT2D eigenvalue weighted by atomic mass is 10.3. The zero-order chi connectivity index (χ0) is 17.0. The summed E-state index contributed by atoms with van der Waals surface area (Å²) in [5.41, 5.74) is 0. The average Bonchev–Trinajstić information content (AvgIpc) is 2.37. The standard InChI is InChI=1S/C15H23FNO4P/c1-6-20-14(18)11(2)17-22(19,15(3,4)5)21-13-9-7-8-12(16)10-13/h7-11H,6H2,1-5H3,(H,17,19)/t11-,22-/m0/s1. The summed E-state index contributed by atoms with van der Waals surface area (Å²) in [4.78, 5) is 11.7. The Morgan fingerprint density at radius 2 is 2.05 bits per heavy atom. The molecule has 0 heterocycles. The van der Waals surface area contributed by atoms with Gasteiger partial charge in [0.05, 0.1) is 11.8 Å². The van der Waals surface area contributed by atoms with Crippen molar-refractivity contribution in [2.45, 2.75) is 45.8 Å². The lowest BCUT2D eigenvalue weighted by Crippen LogP contribution is -2.39. The van der Waals surface area contributed by atoms with E-state index in [4.69, 9.17) is 9.26 Å². The Morgan fingerprint density at radius 1 is 1.41 bits per heavy atom. The van der Waals surface area contributed by atoms with Crippen LogP contribution in [-0.4, -0.2) is 23.8 Å². The third-order valence-electron chi connectivity index (χ3n) is 2.92. The Hall–Kier alpha value is -1.39. The van der Waals surface area contributed by atoms with Crippen molar-refractivity contribution in [1.29, 1.82) is 0 Å². The van der Waals surface area contributed by atoms with Gasteiger partial charge >= 0.3 is 13.5 Å². The molecule has 0 aromatic heterocycles. The molecule has 124 valence electrons. The van der Waals surface area contributed by atoms with E-state index in [1.807, 2.05) is 0 Å². The van der Waals surface area contributed by atoms with Gasteiger partial charge in [-0.05, 0) is 46.8 Å². The van der Waals surface area contributed by atoms with E-state index in [1.165, 1.54) is 18.2 Å². The highest BCUT2D eigenvalue weighted by atomic mass is 31.2. The van der Waals surface area contributed by atoms with Crippen molar-refractivity contribution in [3.8, 4) is 5.75 Å². The van der Waals surface area contributed by atoms with Crippen LogP contribution in [0.4, 0.5) is 4.39 Å². The highest BCUT2D eigenvalue weighted by molar-refractivity contribution is 7.59. The molecule has 0 aliphatic carbocycles. The van der Waals surface area contributed by atoms with Crippen molar-refractivity contribution in [3.05, 3.63) is 30.1 Å². The van der Waals surface area contributed by atoms with Crippen LogP contribution in [0.3, 0.4) is 0 Å². The van der Waals surface area contributed by atoms with Crippen molar-refractivity contribution in [3.63, 3.8) is 0 Å². The van der Waals surface area contributed by atoms with E-state index in [0.717, 1.165) is 6.07 Å². The number of esters is 1. The molecule has 0 fully saturated rings. The van der Waals surface area contributed by atoms with Crippen molar-refractivity contribution in [1.82, 2.24) is 5.09 Å². The molecule has 0 spiro atoms. The second-order valence-electron chi connectivity index (χ2n) is 5.87. The Bertz CT molecular complexity index is 571. The van der Waals surface area contributed by atoms with Gasteiger partial charge in [-0.25, -0.2) is 9.48 Å². The summed E-state index contributed by atoms with van der Waals surface area (Å²) < 4.78 is 36.9. The maximum Gasteiger partial charge on any atom is 0.323 e. The zero-order valence-electron chi connectivity index (χ0n) is 13.6. The van der Waals surface area contributed by atoms with Crippen molar-refractivity contribution in [2.75, 3.05) is 6.61 Å². The van der Waals surface area contributed by atoms with E-state index in [9.17, 15) is 13.8 Å². The number of carbonyl (C=O) groups is 1. The monoisotopic (exact) mass is 331 g/mol. The highest BCUT2D eigenvalue weighted by Crippen LogP contribution is 2.55. The molecule has 1 N–H and O–H groups in total. The summed E-state index contributed by atoms with van der Waals surface area (Å²) in [5.74, 6) is -0.868.